The number of amides is 3. The number of nitrogens with zero attached hydrogens (tertiary/aromatic N) is 3. The third-order valence-electron chi connectivity index (χ3n) is 5.41. The highest BCUT2D eigenvalue weighted by Crippen LogP contribution is 2.35. The molecule has 0 atom stereocenters. The first-order chi connectivity index (χ1) is 15.1. The van der Waals surface area contributed by atoms with Crippen LogP contribution < -0.4 is 19.7 Å². The molecule has 0 bridgehead atoms. The molecular formula is C23H22N4O4. The van der Waals surface area contributed by atoms with Crippen LogP contribution in [0.4, 0.5) is 16.2 Å². The molecule has 0 radical (unpaired) electrons. The summed E-state index contributed by atoms with van der Waals surface area (Å²) in [7, 11) is 0. The number of anilines is 2. The highest BCUT2D eigenvalue weighted by atomic mass is 16.6. The summed E-state index contributed by atoms with van der Waals surface area (Å²) in [6.07, 6.45) is 0. The minimum atomic E-state index is -0.245. The van der Waals surface area contributed by atoms with E-state index in [0.29, 0.717) is 43.5 Å². The Balaban J connectivity index is 1.27. The Morgan fingerprint density at radius 3 is 2.77 bits per heavy atom. The topological polar surface area (TPSA) is 84.0 Å². The van der Waals surface area contributed by atoms with E-state index in [1.54, 1.807) is 15.9 Å². The predicted molar refractivity (Wildman–Crippen MR) is 117 cm³/mol. The zero-order chi connectivity index (χ0) is 21.4. The maximum atomic E-state index is 12.9. The van der Waals surface area contributed by atoms with Crippen LogP contribution in [0, 0.1) is 6.92 Å². The van der Waals surface area contributed by atoms with Crippen LogP contribution in [0.25, 0.3) is 10.9 Å². The summed E-state index contributed by atoms with van der Waals surface area (Å²) in [5.41, 5.74) is 3.15. The fourth-order valence-corrected chi connectivity index (χ4v) is 3.90. The highest BCUT2D eigenvalue weighted by molar-refractivity contribution is 6.03. The lowest BCUT2D eigenvalue weighted by molar-refractivity contribution is -0.116. The lowest BCUT2D eigenvalue weighted by Gasteiger charge is -2.22. The largest absolute Gasteiger partial charge is 0.486 e. The fraction of sp³-hybridized carbons (Fsp3) is 0.261. The zero-order valence-electron chi connectivity index (χ0n) is 17.1. The van der Waals surface area contributed by atoms with Gasteiger partial charge in [0, 0.05) is 35.9 Å². The van der Waals surface area contributed by atoms with Gasteiger partial charge in [-0.1, -0.05) is 6.07 Å². The van der Waals surface area contributed by atoms with Crippen molar-refractivity contribution in [2.45, 2.75) is 6.92 Å². The molecule has 1 aromatic heterocycles. The maximum Gasteiger partial charge on any atom is 0.325 e. The number of aromatic nitrogens is 1. The summed E-state index contributed by atoms with van der Waals surface area (Å²) >= 11 is 0. The number of benzene rings is 2. The molecule has 1 fully saturated rings. The van der Waals surface area contributed by atoms with Crippen LogP contribution >= 0.6 is 0 Å². The molecule has 3 heterocycles. The molecule has 1 N–H and O–H groups in total. The molecule has 3 aromatic rings. The molecule has 2 aliphatic heterocycles. The Morgan fingerprint density at radius 1 is 1.06 bits per heavy atom. The molecule has 1 saturated heterocycles. The normalized spacial score (nSPS) is 15.5. The molecule has 0 saturated carbocycles. The van der Waals surface area contributed by atoms with E-state index in [9.17, 15) is 9.59 Å². The summed E-state index contributed by atoms with van der Waals surface area (Å²) in [6.45, 7) is 3.89. The van der Waals surface area contributed by atoms with Crippen molar-refractivity contribution in [2.24, 2.45) is 0 Å². The van der Waals surface area contributed by atoms with Gasteiger partial charge in [0.1, 0.15) is 19.8 Å². The number of fused-ring (bicyclic) bond motifs is 2. The first-order valence-corrected chi connectivity index (χ1v) is 10.2. The molecule has 8 nitrogen and oxygen atoms in total. The molecule has 5 rings (SSSR count). The average molecular weight is 418 g/mol. The smallest absolute Gasteiger partial charge is 0.325 e. The minimum Gasteiger partial charge on any atom is -0.486 e. The van der Waals surface area contributed by atoms with Crippen molar-refractivity contribution in [1.29, 1.82) is 0 Å². The summed E-state index contributed by atoms with van der Waals surface area (Å²) in [6, 6.07) is 14.7. The fourth-order valence-electron chi connectivity index (χ4n) is 3.90. The Bertz CT molecular complexity index is 1180. The maximum absolute atomic E-state index is 12.9. The van der Waals surface area contributed by atoms with E-state index in [4.69, 9.17) is 9.47 Å². The second-order valence-electron chi connectivity index (χ2n) is 7.56. The number of ether oxygens (including phenoxy) is 2. The number of carbonyl (C=O) groups excluding carboxylic acids is 2. The van der Waals surface area contributed by atoms with Crippen molar-refractivity contribution in [3.05, 3.63) is 54.2 Å². The van der Waals surface area contributed by atoms with Crippen molar-refractivity contribution in [1.82, 2.24) is 9.88 Å². The molecule has 2 aliphatic rings. The number of rotatable bonds is 4. The minimum absolute atomic E-state index is 0.0183. The van der Waals surface area contributed by atoms with Crippen molar-refractivity contribution < 1.29 is 19.1 Å². The average Bonchev–Trinajstić information content (AvgIpc) is 3.13. The summed E-state index contributed by atoms with van der Waals surface area (Å²) < 4.78 is 11.2. The third-order valence-corrected chi connectivity index (χ3v) is 5.41. The number of hydrogen-bond acceptors (Lipinski definition) is 5. The standard InChI is InChI=1S/C23H22N4O4/c1-15-5-7-17-18(24-15)3-2-4-19(17)25-22(28)14-26-9-10-27(23(26)29)16-6-8-20-21(13-16)31-12-11-30-20/h2-8,13H,9-12,14H2,1H3,(H,25,28). The van der Waals surface area contributed by atoms with Gasteiger partial charge in [-0.15, -0.1) is 0 Å². The zero-order valence-corrected chi connectivity index (χ0v) is 17.1. The lowest BCUT2D eigenvalue weighted by Crippen LogP contribution is -2.37. The van der Waals surface area contributed by atoms with Crippen molar-refractivity contribution >= 4 is 34.2 Å². The van der Waals surface area contributed by atoms with Crippen LogP contribution in [0.3, 0.4) is 0 Å². The van der Waals surface area contributed by atoms with E-state index < -0.39 is 0 Å². The number of nitrogens with one attached hydrogen (secondary N) is 1. The van der Waals surface area contributed by atoms with Crippen molar-refractivity contribution in [3.8, 4) is 11.5 Å². The number of urea groups is 1. The number of hydrogen-bond donors (Lipinski definition) is 1. The monoisotopic (exact) mass is 418 g/mol. The molecular weight excluding hydrogens is 396 g/mol. The molecule has 31 heavy (non-hydrogen) atoms. The second-order valence-corrected chi connectivity index (χ2v) is 7.56. The van der Waals surface area contributed by atoms with Crippen LogP contribution in [0.15, 0.2) is 48.5 Å². The first-order valence-electron chi connectivity index (χ1n) is 10.2. The van der Waals surface area contributed by atoms with Gasteiger partial charge in [0.2, 0.25) is 5.91 Å². The van der Waals surface area contributed by atoms with E-state index in [-0.39, 0.29) is 18.5 Å². The second kappa shape index (κ2) is 7.79. The van der Waals surface area contributed by atoms with Gasteiger partial charge in [0.25, 0.3) is 0 Å². The molecule has 8 heteroatoms. The van der Waals surface area contributed by atoms with E-state index >= 15 is 0 Å². The lowest BCUT2D eigenvalue weighted by atomic mass is 10.1. The van der Waals surface area contributed by atoms with Gasteiger partial charge in [-0.05, 0) is 43.3 Å². The molecule has 158 valence electrons. The van der Waals surface area contributed by atoms with Crippen LogP contribution in [-0.4, -0.2) is 54.7 Å². The quantitative estimate of drug-likeness (QED) is 0.704. The Labute approximate surface area is 179 Å². The Morgan fingerprint density at radius 2 is 1.90 bits per heavy atom. The summed E-state index contributed by atoms with van der Waals surface area (Å²) in [4.78, 5) is 33.3. The molecule has 3 amide bonds. The van der Waals surface area contributed by atoms with Crippen LogP contribution in [0.1, 0.15) is 5.69 Å². The van der Waals surface area contributed by atoms with Crippen molar-refractivity contribution in [3.63, 3.8) is 0 Å². The van der Waals surface area contributed by atoms with Gasteiger partial charge in [0.15, 0.2) is 11.5 Å². The van der Waals surface area contributed by atoms with Gasteiger partial charge in [0.05, 0.1) is 11.2 Å². The SMILES string of the molecule is Cc1ccc2c(NC(=O)CN3CCN(c4ccc5c(c4)OCCO5)C3=O)cccc2n1. The highest BCUT2D eigenvalue weighted by Gasteiger charge is 2.31. The van der Waals surface area contributed by atoms with E-state index in [1.807, 2.05) is 49.4 Å². The predicted octanol–water partition coefficient (Wildman–Crippen LogP) is 3.20. The molecule has 0 unspecified atom stereocenters. The summed E-state index contributed by atoms with van der Waals surface area (Å²) in [5.74, 6) is 1.07. The van der Waals surface area contributed by atoms with Gasteiger partial charge in [-0.25, -0.2) is 4.79 Å². The number of carbonyl (C=O) groups is 2. The van der Waals surface area contributed by atoms with Crippen LogP contribution in [0.2, 0.25) is 0 Å². The van der Waals surface area contributed by atoms with Gasteiger partial charge >= 0.3 is 6.03 Å². The summed E-state index contributed by atoms with van der Waals surface area (Å²) in [5, 5.41) is 3.79. The molecule has 0 aliphatic carbocycles. The third kappa shape index (κ3) is 3.72. The van der Waals surface area contributed by atoms with Crippen LogP contribution in [-0.2, 0) is 4.79 Å². The van der Waals surface area contributed by atoms with E-state index in [1.165, 1.54) is 0 Å². The number of pyridine rings is 1. The van der Waals surface area contributed by atoms with E-state index in [2.05, 4.69) is 10.3 Å². The number of aryl methyl sites for hydroxylation is 1. The molecule has 0 spiro atoms. The molecule has 2 aromatic carbocycles. The Kier molecular flexibility index (Phi) is 4.82. The van der Waals surface area contributed by atoms with Crippen LogP contribution in [0.5, 0.6) is 11.5 Å². The van der Waals surface area contributed by atoms with Gasteiger partial charge < -0.3 is 19.7 Å². The van der Waals surface area contributed by atoms with E-state index in [0.717, 1.165) is 22.3 Å². The van der Waals surface area contributed by atoms with Gasteiger partial charge in [-0.2, -0.15) is 0 Å². The van der Waals surface area contributed by atoms with Crippen molar-refractivity contribution in [2.75, 3.05) is 43.1 Å². The Hall–Kier alpha value is -3.81. The first kappa shape index (κ1) is 19.2. The van der Waals surface area contributed by atoms with Gasteiger partial charge in [-0.3, -0.25) is 14.7 Å².